The smallest absolute Gasteiger partial charge is 0.354 e. The molecule has 0 amide bonds. The van der Waals surface area contributed by atoms with Crippen LogP contribution in [0.25, 0.3) is 0 Å². The average molecular weight is 237 g/mol. The predicted octanol–water partition coefficient (Wildman–Crippen LogP) is 1.38. The van der Waals surface area contributed by atoms with Crippen LogP contribution in [0, 0.1) is 6.92 Å². The molecule has 1 fully saturated rings. The summed E-state index contributed by atoms with van der Waals surface area (Å²) >= 11 is 0. The first kappa shape index (κ1) is 12.1. The average Bonchev–Trinajstić information content (AvgIpc) is 2.89. The zero-order valence-electron chi connectivity index (χ0n) is 10.2. The van der Waals surface area contributed by atoms with Gasteiger partial charge < -0.3 is 14.6 Å². The lowest BCUT2D eigenvalue weighted by atomic mass is 10.3. The van der Waals surface area contributed by atoms with Crippen molar-refractivity contribution in [2.75, 3.05) is 19.6 Å². The molecule has 0 aliphatic carbocycles. The van der Waals surface area contributed by atoms with E-state index in [0.717, 1.165) is 25.3 Å². The van der Waals surface area contributed by atoms with E-state index in [9.17, 15) is 4.79 Å². The van der Waals surface area contributed by atoms with E-state index in [1.165, 1.54) is 32.1 Å². The maximum atomic E-state index is 11.0. The molecule has 17 heavy (non-hydrogen) atoms. The van der Waals surface area contributed by atoms with Crippen molar-refractivity contribution in [2.24, 2.45) is 0 Å². The number of aromatic nitrogens is 2. The molecular weight excluding hydrogens is 218 g/mol. The van der Waals surface area contributed by atoms with Crippen molar-refractivity contribution in [3.63, 3.8) is 0 Å². The van der Waals surface area contributed by atoms with Crippen LogP contribution in [0.15, 0.2) is 6.20 Å². The van der Waals surface area contributed by atoms with Crippen molar-refractivity contribution < 1.29 is 9.90 Å². The Bertz CT molecular complexity index is 394. The first-order valence-electron chi connectivity index (χ1n) is 6.16. The minimum atomic E-state index is -0.897. The second kappa shape index (κ2) is 5.31. The zero-order chi connectivity index (χ0) is 12.3. The fraction of sp³-hybridized carbons (Fsp3) is 0.667. The first-order chi connectivity index (χ1) is 8.18. The number of aryl methyl sites for hydroxylation is 1. The molecule has 0 bridgehead atoms. The number of aromatic carboxylic acids is 1. The lowest BCUT2D eigenvalue weighted by Gasteiger charge is -2.15. The highest BCUT2D eigenvalue weighted by Crippen LogP contribution is 2.10. The third-order valence-corrected chi connectivity index (χ3v) is 3.33. The van der Waals surface area contributed by atoms with Crippen LogP contribution in [0.3, 0.4) is 0 Å². The second-order valence-corrected chi connectivity index (χ2v) is 4.55. The summed E-state index contributed by atoms with van der Waals surface area (Å²) in [6.07, 6.45) is 5.01. The van der Waals surface area contributed by atoms with Gasteiger partial charge in [-0.15, -0.1) is 0 Å². The summed E-state index contributed by atoms with van der Waals surface area (Å²) in [7, 11) is 0. The number of rotatable bonds is 5. The quantitative estimate of drug-likeness (QED) is 0.840. The summed E-state index contributed by atoms with van der Waals surface area (Å²) in [5.74, 6) is -0.115. The molecular formula is C12H19N3O2. The molecule has 2 heterocycles. The molecule has 5 nitrogen and oxygen atoms in total. The highest BCUT2D eigenvalue weighted by atomic mass is 16.4. The number of hydrogen-bond donors (Lipinski definition) is 1. The summed E-state index contributed by atoms with van der Waals surface area (Å²) in [4.78, 5) is 17.5. The number of likely N-dealkylation sites (tertiary alicyclic amines) is 1. The Morgan fingerprint density at radius 1 is 1.41 bits per heavy atom. The summed E-state index contributed by atoms with van der Waals surface area (Å²) in [6.45, 7) is 6.02. The fourth-order valence-corrected chi connectivity index (χ4v) is 2.38. The van der Waals surface area contributed by atoms with Crippen molar-refractivity contribution >= 4 is 5.97 Å². The van der Waals surface area contributed by atoms with Gasteiger partial charge in [-0.05, 0) is 45.8 Å². The van der Waals surface area contributed by atoms with Crippen molar-refractivity contribution in [1.82, 2.24) is 14.5 Å². The van der Waals surface area contributed by atoms with Gasteiger partial charge in [0.05, 0.1) is 6.20 Å². The maximum absolute atomic E-state index is 11.0. The summed E-state index contributed by atoms with van der Waals surface area (Å²) in [5.41, 5.74) is 0.295. The molecule has 0 unspecified atom stereocenters. The Morgan fingerprint density at radius 3 is 2.76 bits per heavy atom. The van der Waals surface area contributed by atoms with Gasteiger partial charge in [-0.1, -0.05) is 0 Å². The van der Waals surface area contributed by atoms with Crippen LogP contribution in [-0.2, 0) is 6.54 Å². The molecule has 94 valence electrons. The normalized spacial score (nSPS) is 16.5. The number of imidazole rings is 1. The Labute approximate surface area is 101 Å². The summed E-state index contributed by atoms with van der Waals surface area (Å²) in [6, 6.07) is 0. The van der Waals surface area contributed by atoms with Crippen LogP contribution in [-0.4, -0.2) is 45.2 Å². The van der Waals surface area contributed by atoms with Gasteiger partial charge in [0, 0.05) is 6.54 Å². The third kappa shape index (κ3) is 2.85. The van der Waals surface area contributed by atoms with Gasteiger partial charge >= 0.3 is 5.97 Å². The minimum Gasteiger partial charge on any atom is -0.477 e. The molecule has 5 heteroatoms. The molecule has 1 aliphatic heterocycles. The standard InChI is InChI=1S/C12H19N3O2/c1-10-13-9-11(12(16)17)15(10)8-4-7-14-5-2-3-6-14/h9H,2-8H2,1H3,(H,16,17). The monoisotopic (exact) mass is 237 g/mol. The SMILES string of the molecule is Cc1ncc(C(=O)O)n1CCCN1CCCC1. The molecule has 1 aromatic rings. The predicted molar refractivity (Wildman–Crippen MR) is 64.2 cm³/mol. The fourth-order valence-electron chi connectivity index (χ4n) is 2.38. The number of carboxylic acids is 1. The van der Waals surface area contributed by atoms with Crippen LogP contribution in [0.1, 0.15) is 35.6 Å². The van der Waals surface area contributed by atoms with Gasteiger partial charge in [-0.2, -0.15) is 0 Å². The van der Waals surface area contributed by atoms with E-state index in [1.54, 1.807) is 4.57 Å². The van der Waals surface area contributed by atoms with Crippen molar-refractivity contribution in [2.45, 2.75) is 32.7 Å². The molecule has 0 atom stereocenters. The summed E-state index contributed by atoms with van der Waals surface area (Å²) in [5, 5.41) is 9.02. The number of hydrogen-bond acceptors (Lipinski definition) is 3. The van der Waals surface area contributed by atoms with Crippen LogP contribution in [0.2, 0.25) is 0 Å². The van der Waals surface area contributed by atoms with E-state index in [0.29, 0.717) is 5.69 Å². The van der Waals surface area contributed by atoms with E-state index in [4.69, 9.17) is 5.11 Å². The third-order valence-electron chi connectivity index (χ3n) is 3.33. The molecule has 1 saturated heterocycles. The largest absolute Gasteiger partial charge is 0.477 e. The second-order valence-electron chi connectivity index (χ2n) is 4.55. The van der Waals surface area contributed by atoms with Crippen LogP contribution in [0.4, 0.5) is 0 Å². The van der Waals surface area contributed by atoms with Gasteiger partial charge in [0.15, 0.2) is 0 Å². The van der Waals surface area contributed by atoms with Gasteiger partial charge in [0.1, 0.15) is 11.5 Å². The number of nitrogens with zero attached hydrogens (tertiary/aromatic N) is 3. The highest BCUT2D eigenvalue weighted by molar-refractivity contribution is 5.85. The van der Waals surface area contributed by atoms with Crippen LogP contribution >= 0.6 is 0 Å². The minimum absolute atomic E-state index is 0.295. The van der Waals surface area contributed by atoms with Crippen molar-refractivity contribution in [3.05, 3.63) is 17.7 Å². The lowest BCUT2D eigenvalue weighted by molar-refractivity contribution is 0.0684. The molecule has 0 spiro atoms. The van der Waals surface area contributed by atoms with Gasteiger partial charge in [-0.3, -0.25) is 0 Å². The lowest BCUT2D eigenvalue weighted by Crippen LogP contribution is -2.22. The van der Waals surface area contributed by atoms with Crippen LogP contribution < -0.4 is 0 Å². The zero-order valence-corrected chi connectivity index (χ0v) is 10.2. The Morgan fingerprint density at radius 2 is 2.12 bits per heavy atom. The molecule has 1 aliphatic rings. The van der Waals surface area contributed by atoms with Crippen LogP contribution in [0.5, 0.6) is 0 Å². The van der Waals surface area contributed by atoms with Crippen molar-refractivity contribution in [1.29, 1.82) is 0 Å². The van der Waals surface area contributed by atoms with Gasteiger partial charge in [0.25, 0.3) is 0 Å². The molecule has 2 rings (SSSR count). The Hall–Kier alpha value is -1.36. The molecule has 0 saturated carbocycles. The molecule has 0 aromatic carbocycles. The first-order valence-corrected chi connectivity index (χ1v) is 6.16. The number of carbonyl (C=O) groups is 1. The van der Waals surface area contributed by atoms with Gasteiger partial charge in [0.2, 0.25) is 0 Å². The number of carboxylic acid groups (broad SMARTS) is 1. The summed E-state index contributed by atoms with van der Waals surface area (Å²) < 4.78 is 1.79. The van der Waals surface area contributed by atoms with Gasteiger partial charge in [-0.25, -0.2) is 9.78 Å². The van der Waals surface area contributed by atoms with E-state index < -0.39 is 5.97 Å². The maximum Gasteiger partial charge on any atom is 0.354 e. The van der Waals surface area contributed by atoms with E-state index in [1.807, 2.05) is 6.92 Å². The molecule has 0 radical (unpaired) electrons. The van der Waals surface area contributed by atoms with E-state index in [-0.39, 0.29) is 0 Å². The van der Waals surface area contributed by atoms with Crippen molar-refractivity contribution in [3.8, 4) is 0 Å². The topological polar surface area (TPSA) is 58.4 Å². The molecule has 1 aromatic heterocycles. The van der Waals surface area contributed by atoms with E-state index >= 15 is 0 Å². The van der Waals surface area contributed by atoms with E-state index in [2.05, 4.69) is 9.88 Å². The Balaban J connectivity index is 1.89. The highest BCUT2D eigenvalue weighted by Gasteiger charge is 2.14. The Kier molecular flexibility index (Phi) is 3.78. The molecule has 1 N–H and O–H groups in total.